The molecule has 0 aliphatic heterocycles. The van der Waals surface area contributed by atoms with Gasteiger partial charge in [-0.1, -0.05) is 24.3 Å². The number of rotatable bonds is 7. The van der Waals surface area contributed by atoms with Crippen LogP contribution >= 0.6 is 0 Å². The Morgan fingerprint density at radius 2 is 1.96 bits per heavy atom. The summed E-state index contributed by atoms with van der Waals surface area (Å²) in [5.41, 5.74) is 2.58. The Morgan fingerprint density at radius 3 is 2.68 bits per heavy atom. The predicted molar refractivity (Wildman–Crippen MR) is 105 cm³/mol. The van der Waals surface area contributed by atoms with Crippen molar-refractivity contribution in [2.75, 3.05) is 19.0 Å². The highest BCUT2D eigenvalue weighted by Crippen LogP contribution is 2.27. The van der Waals surface area contributed by atoms with Crippen LogP contribution in [0.15, 0.2) is 54.9 Å². The molecule has 7 heteroatoms. The molecule has 1 amide bonds. The number of aryl methyl sites for hydroxylation is 1. The Hall–Kier alpha value is -3.48. The minimum atomic E-state index is -0.358. The van der Waals surface area contributed by atoms with Gasteiger partial charge in [-0.25, -0.2) is 14.4 Å². The zero-order chi connectivity index (χ0) is 19.9. The molecule has 0 fully saturated rings. The summed E-state index contributed by atoms with van der Waals surface area (Å²) in [6, 6.07) is 12.2. The van der Waals surface area contributed by atoms with Crippen molar-refractivity contribution in [3.63, 3.8) is 0 Å². The maximum Gasteiger partial charge on any atom is 0.271 e. The lowest BCUT2D eigenvalue weighted by Crippen LogP contribution is -2.26. The first-order chi connectivity index (χ1) is 13.6. The van der Waals surface area contributed by atoms with Gasteiger partial charge in [-0.15, -0.1) is 0 Å². The first-order valence-electron chi connectivity index (χ1n) is 8.82. The van der Waals surface area contributed by atoms with Gasteiger partial charge in [0.2, 0.25) is 0 Å². The number of nitrogens with one attached hydrogen (secondary N) is 2. The lowest BCUT2D eigenvalue weighted by Gasteiger charge is -2.11. The van der Waals surface area contributed by atoms with Crippen LogP contribution in [0.3, 0.4) is 0 Å². The molecule has 0 spiro atoms. The molecule has 0 aliphatic carbocycles. The Labute approximate surface area is 162 Å². The largest absolute Gasteiger partial charge is 0.495 e. The topological polar surface area (TPSA) is 76.1 Å². The Morgan fingerprint density at radius 1 is 1.14 bits per heavy atom. The Bertz CT molecular complexity index is 961. The average molecular weight is 380 g/mol. The highest BCUT2D eigenvalue weighted by molar-refractivity contribution is 5.92. The van der Waals surface area contributed by atoms with Crippen molar-refractivity contribution in [1.82, 2.24) is 15.3 Å². The van der Waals surface area contributed by atoms with Crippen molar-refractivity contribution in [2.45, 2.75) is 13.3 Å². The quantitative estimate of drug-likeness (QED) is 0.654. The first-order valence-corrected chi connectivity index (χ1v) is 8.82. The van der Waals surface area contributed by atoms with Gasteiger partial charge in [0.1, 0.15) is 23.1 Å². The van der Waals surface area contributed by atoms with E-state index in [4.69, 9.17) is 4.74 Å². The average Bonchev–Trinajstić information content (AvgIpc) is 2.70. The van der Waals surface area contributed by atoms with E-state index in [0.29, 0.717) is 30.1 Å². The lowest BCUT2D eigenvalue weighted by molar-refractivity contribution is 0.0948. The SMILES string of the molecule is COc1ccc(C)cc1Nc1cnc(C(=O)NCCc2ccccc2F)cn1. The molecule has 2 N–H and O–H groups in total. The van der Waals surface area contributed by atoms with Gasteiger partial charge in [0, 0.05) is 6.54 Å². The molecule has 3 rings (SSSR count). The van der Waals surface area contributed by atoms with Crippen LogP contribution in [0.1, 0.15) is 21.6 Å². The maximum absolute atomic E-state index is 13.6. The fourth-order valence-electron chi connectivity index (χ4n) is 2.67. The Balaban J connectivity index is 1.58. The molecule has 0 atom stereocenters. The van der Waals surface area contributed by atoms with E-state index in [1.165, 1.54) is 18.5 Å². The highest BCUT2D eigenvalue weighted by Gasteiger charge is 2.10. The van der Waals surface area contributed by atoms with E-state index in [9.17, 15) is 9.18 Å². The molecular weight excluding hydrogens is 359 g/mol. The van der Waals surface area contributed by atoms with Crippen molar-refractivity contribution in [3.8, 4) is 5.75 Å². The van der Waals surface area contributed by atoms with Gasteiger partial charge < -0.3 is 15.4 Å². The van der Waals surface area contributed by atoms with Gasteiger partial charge in [-0.05, 0) is 42.7 Å². The third-order valence-electron chi connectivity index (χ3n) is 4.14. The molecule has 2 aromatic carbocycles. The maximum atomic E-state index is 13.6. The number of benzene rings is 2. The van der Waals surface area contributed by atoms with E-state index in [-0.39, 0.29) is 17.4 Å². The molecule has 0 saturated heterocycles. The van der Waals surface area contributed by atoms with Crippen molar-refractivity contribution < 1.29 is 13.9 Å². The van der Waals surface area contributed by atoms with E-state index in [1.54, 1.807) is 25.3 Å². The molecule has 0 aliphatic rings. The number of methoxy groups -OCH3 is 1. The smallest absolute Gasteiger partial charge is 0.271 e. The molecule has 0 saturated carbocycles. The second-order valence-corrected chi connectivity index (χ2v) is 6.21. The third kappa shape index (κ3) is 4.82. The molecular formula is C21H21FN4O2. The van der Waals surface area contributed by atoms with E-state index in [2.05, 4.69) is 20.6 Å². The molecule has 1 aromatic heterocycles. The second-order valence-electron chi connectivity index (χ2n) is 6.21. The van der Waals surface area contributed by atoms with Crippen molar-refractivity contribution in [3.05, 3.63) is 77.5 Å². The van der Waals surface area contributed by atoms with Gasteiger partial charge in [0.25, 0.3) is 5.91 Å². The number of halogens is 1. The fourth-order valence-corrected chi connectivity index (χ4v) is 2.67. The molecule has 0 bridgehead atoms. The summed E-state index contributed by atoms with van der Waals surface area (Å²) in [7, 11) is 1.59. The standard InChI is InChI=1S/C21H21FN4O2/c1-14-7-8-19(28-2)17(11-14)26-20-13-24-18(12-25-20)21(27)23-10-9-15-5-3-4-6-16(15)22/h3-8,11-13H,9-10H2,1-2H3,(H,23,27)(H,25,26). The first kappa shape index (κ1) is 19.3. The molecule has 3 aromatic rings. The monoisotopic (exact) mass is 380 g/mol. The molecule has 0 radical (unpaired) electrons. The van der Waals surface area contributed by atoms with Crippen molar-refractivity contribution >= 4 is 17.4 Å². The number of anilines is 2. The van der Waals surface area contributed by atoms with Crippen LogP contribution in [0.5, 0.6) is 5.75 Å². The number of ether oxygens (including phenoxy) is 1. The van der Waals surface area contributed by atoms with Gasteiger partial charge in [-0.2, -0.15) is 0 Å². The summed E-state index contributed by atoms with van der Waals surface area (Å²) < 4.78 is 18.9. The Kier molecular flexibility index (Phi) is 6.16. The van der Waals surface area contributed by atoms with Gasteiger partial charge >= 0.3 is 0 Å². The zero-order valence-electron chi connectivity index (χ0n) is 15.7. The summed E-state index contributed by atoms with van der Waals surface area (Å²) >= 11 is 0. The van der Waals surface area contributed by atoms with Gasteiger partial charge in [0.05, 0.1) is 25.2 Å². The number of amides is 1. The fraction of sp³-hybridized carbons (Fsp3) is 0.190. The normalized spacial score (nSPS) is 10.4. The van der Waals surface area contributed by atoms with Crippen LogP contribution < -0.4 is 15.4 Å². The van der Waals surface area contributed by atoms with Crippen LogP contribution in [0.25, 0.3) is 0 Å². The number of hydrogen-bond acceptors (Lipinski definition) is 5. The summed E-state index contributed by atoms with van der Waals surface area (Å²) in [5.74, 6) is 0.538. The summed E-state index contributed by atoms with van der Waals surface area (Å²) in [6.07, 6.45) is 3.27. The summed E-state index contributed by atoms with van der Waals surface area (Å²) in [6.45, 7) is 2.28. The molecule has 144 valence electrons. The number of hydrogen-bond donors (Lipinski definition) is 2. The minimum Gasteiger partial charge on any atom is -0.495 e. The van der Waals surface area contributed by atoms with E-state index < -0.39 is 0 Å². The number of nitrogens with zero attached hydrogens (tertiary/aromatic N) is 2. The molecule has 6 nitrogen and oxygen atoms in total. The molecule has 1 heterocycles. The van der Waals surface area contributed by atoms with Crippen LogP contribution in [-0.4, -0.2) is 29.5 Å². The van der Waals surface area contributed by atoms with Crippen LogP contribution in [-0.2, 0) is 6.42 Å². The van der Waals surface area contributed by atoms with E-state index >= 15 is 0 Å². The van der Waals surface area contributed by atoms with Crippen LogP contribution in [0.4, 0.5) is 15.9 Å². The van der Waals surface area contributed by atoms with Crippen LogP contribution in [0.2, 0.25) is 0 Å². The second kappa shape index (κ2) is 8.94. The van der Waals surface area contributed by atoms with Crippen LogP contribution in [0, 0.1) is 12.7 Å². The molecule has 0 unspecified atom stereocenters. The van der Waals surface area contributed by atoms with Crippen molar-refractivity contribution in [2.24, 2.45) is 0 Å². The highest BCUT2D eigenvalue weighted by atomic mass is 19.1. The number of carbonyl (C=O) groups is 1. The van der Waals surface area contributed by atoms with Gasteiger partial charge in [0.15, 0.2) is 0 Å². The lowest BCUT2D eigenvalue weighted by atomic mass is 10.1. The van der Waals surface area contributed by atoms with E-state index in [1.807, 2.05) is 25.1 Å². The van der Waals surface area contributed by atoms with Gasteiger partial charge in [-0.3, -0.25) is 4.79 Å². The summed E-state index contributed by atoms with van der Waals surface area (Å²) in [4.78, 5) is 20.6. The number of carbonyl (C=O) groups excluding carboxylic acids is 1. The predicted octanol–water partition coefficient (Wildman–Crippen LogP) is 3.65. The summed E-state index contributed by atoms with van der Waals surface area (Å²) in [5, 5.41) is 5.85. The van der Waals surface area contributed by atoms with E-state index in [0.717, 1.165) is 11.3 Å². The van der Waals surface area contributed by atoms with Crippen molar-refractivity contribution in [1.29, 1.82) is 0 Å². The zero-order valence-corrected chi connectivity index (χ0v) is 15.7. The third-order valence-corrected chi connectivity index (χ3v) is 4.14. The molecule has 28 heavy (non-hydrogen) atoms. The number of aromatic nitrogens is 2. The minimum absolute atomic E-state index is 0.190.